The molecular formula is C24H20ClN5OS. The minimum Gasteiger partial charge on any atom is -0.325 e. The van der Waals surface area contributed by atoms with Crippen molar-refractivity contribution in [3.8, 4) is 11.4 Å². The number of carbonyl (C=O) groups is 1. The van der Waals surface area contributed by atoms with E-state index in [9.17, 15) is 4.79 Å². The van der Waals surface area contributed by atoms with Crippen LogP contribution in [0.25, 0.3) is 11.4 Å². The minimum absolute atomic E-state index is 0.109. The van der Waals surface area contributed by atoms with Gasteiger partial charge in [-0.2, -0.15) is 0 Å². The van der Waals surface area contributed by atoms with Crippen molar-refractivity contribution in [3.05, 3.63) is 95.0 Å². The summed E-state index contributed by atoms with van der Waals surface area (Å²) in [5, 5.41) is 12.6. The van der Waals surface area contributed by atoms with E-state index in [4.69, 9.17) is 11.6 Å². The third-order valence-corrected chi connectivity index (χ3v) is 6.74. The molecule has 0 bridgehead atoms. The van der Waals surface area contributed by atoms with Crippen LogP contribution >= 0.6 is 23.4 Å². The molecule has 0 saturated heterocycles. The quantitative estimate of drug-likeness (QED) is 0.431. The van der Waals surface area contributed by atoms with E-state index in [1.54, 1.807) is 0 Å². The monoisotopic (exact) mass is 461 g/mol. The number of fused-ring (bicyclic) bond motifs is 1. The number of rotatable bonds is 4. The lowest BCUT2D eigenvalue weighted by atomic mass is 10.0. The Hall–Kier alpha value is -3.29. The van der Waals surface area contributed by atoms with Crippen LogP contribution in [0.1, 0.15) is 17.2 Å². The predicted octanol–water partition coefficient (Wildman–Crippen LogP) is 5.30. The average Bonchev–Trinajstić information content (AvgIpc) is 3.24. The Morgan fingerprint density at radius 3 is 2.44 bits per heavy atom. The van der Waals surface area contributed by atoms with Crippen molar-refractivity contribution >= 4 is 35.0 Å². The topological polar surface area (TPSA) is 71.8 Å². The Bertz CT molecular complexity index is 1240. The van der Waals surface area contributed by atoms with Gasteiger partial charge in [-0.3, -0.25) is 4.79 Å². The Morgan fingerprint density at radius 1 is 1.00 bits per heavy atom. The van der Waals surface area contributed by atoms with E-state index in [2.05, 4.69) is 20.9 Å². The van der Waals surface area contributed by atoms with Gasteiger partial charge in [-0.25, -0.2) is 4.68 Å². The number of hydrogen-bond donors (Lipinski definition) is 2. The molecule has 0 aliphatic carbocycles. The summed E-state index contributed by atoms with van der Waals surface area (Å²) in [6, 6.07) is 24.8. The molecule has 2 atom stereocenters. The zero-order valence-electron chi connectivity index (χ0n) is 17.2. The van der Waals surface area contributed by atoms with Gasteiger partial charge in [-0.05, 0) is 36.8 Å². The van der Waals surface area contributed by atoms with Crippen LogP contribution < -0.4 is 10.7 Å². The highest BCUT2D eigenvalue weighted by Crippen LogP contribution is 2.39. The van der Waals surface area contributed by atoms with Crippen molar-refractivity contribution in [1.82, 2.24) is 14.9 Å². The van der Waals surface area contributed by atoms with Crippen LogP contribution in [0.4, 0.5) is 5.69 Å². The largest absolute Gasteiger partial charge is 0.325 e. The molecule has 1 aromatic heterocycles. The molecule has 5 rings (SSSR count). The second-order valence-corrected chi connectivity index (χ2v) is 9.10. The molecule has 2 heterocycles. The maximum Gasteiger partial charge on any atom is 0.240 e. The van der Waals surface area contributed by atoms with E-state index in [1.165, 1.54) is 11.8 Å². The molecule has 0 radical (unpaired) electrons. The second kappa shape index (κ2) is 8.68. The molecule has 0 unspecified atom stereocenters. The lowest BCUT2D eigenvalue weighted by molar-refractivity contribution is -0.116. The van der Waals surface area contributed by atoms with E-state index in [-0.39, 0.29) is 11.9 Å². The zero-order valence-corrected chi connectivity index (χ0v) is 18.8. The smallest absolute Gasteiger partial charge is 0.240 e. The first-order chi connectivity index (χ1) is 15.6. The van der Waals surface area contributed by atoms with E-state index < -0.39 is 5.25 Å². The number of amides is 1. The highest BCUT2D eigenvalue weighted by atomic mass is 35.5. The fraction of sp³-hybridized carbons (Fsp3) is 0.125. The van der Waals surface area contributed by atoms with Crippen LogP contribution in [0.2, 0.25) is 5.02 Å². The van der Waals surface area contributed by atoms with Gasteiger partial charge in [0.05, 0.1) is 6.04 Å². The van der Waals surface area contributed by atoms with E-state index in [0.29, 0.717) is 16.0 Å². The number of anilines is 1. The van der Waals surface area contributed by atoms with Crippen molar-refractivity contribution in [2.24, 2.45) is 0 Å². The van der Waals surface area contributed by atoms with Gasteiger partial charge in [0.1, 0.15) is 5.25 Å². The second-order valence-electron chi connectivity index (χ2n) is 7.56. The van der Waals surface area contributed by atoms with E-state index in [1.807, 2.05) is 90.5 Å². The summed E-state index contributed by atoms with van der Waals surface area (Å²) in [7, 11) is 0. The number of benzene rings is 3. The molecule has 1 aliphatic heterocycles. The van der Waals surface area contributed by atoms with Crippen molar-refractivity contribution in [3.63, 3.8) is 0 Å². The summed E-state index contributed by atoms with van der Waals surface area (Å²) in [5.41, 5.74) is 7.26. The van der Waals surface area contributed by atoms with Gasteiger partial charge < -0.3 is 10.7 Å². The number of carbonyl (C=O) groups excluding carboxylic acids is 1. The van der Waals surface area contributed by atoms with Crippen LogP contribution in [0, 0.1) is 6.92 Å². The molecule has 160 valence electrons. The molecule has 8 heteroatoms. The number of nitrogens with zero attached hydrogens (tertiary/aromatic N) is 3. The Labute approximate surface area is 195 Å². The SMILES string of the molecule is Cc1ccc(NC(=O)[C@H]2Sc3nnc(-c4ccccc4)n3N[C@@H]2c2ccc(Cl)cc2)cc1. The summed E-state index contributed by atoms with van der Waals surface area (Å²) >= 11 is 7.50. The molecule has 1 amide bonds. The fourth-order valence-electron chi connectivity index (χ4n) is 3.60. The molecule has 32 heavy (non-hydrogen) atoms. The van der Waals surface area contributed by atoms with Crippen molar-refractivity contribution in [2.45, 2.75) is 23.4 Å². The Balaban J connectivity index is 1.50. The molecule has 0 spiro atoms. The third-order valence-electron chi connectivity index (χ3n) is 5.28. The number of aryl methyl sites for hydroxylation is 1. The number of aromatic nitrogens is 3. The minimum atomic E-state index is -0.460. The first-order valence-electron chi connectivity index (χ1n) is 10.2. The first kappa shape index (κ1) is 20.6. The summed E-state index contributed by atoms with van der Waals surface area (Å²) in [5.74, 6) is 0.589. The average molecular weight is 462 g/mol. The maximum absolute atomic E-state index is 13.3. The van der Waals surface area contributed by atoms with Gasteiger partial charge >= 0.3 is 0 Å². The number of hydrogen-bond acceptors (Lipinski definition) is 5. The number of halogens is 1. The Kier molecular flexibility index (Phi) is 5.59. The van der Waals surface area contributed by atoms with Crippen LogP contribution in [-0.4, -0.2) is 26.0 Å². The molecule has 4 aromatic rings. The number of thioether (sulfide) groups is 1. The first-order valence-corrected chi connectivity index (χ1v) is 11.4. The lowest BCUT2D eigenvalue weighted by Crippen LogP contribution is -2.41. The standard InChI is InChI=1S/C24H20ClN5OS/c1-15-7-13-19(14-8-15)26-23(31)21-20(16-9-11-18(25)12-10-16)29-30-22(27-28-24(30)32-21)17-5-3-2-4-6-17/h2-14,20-21,29H,1H3,(H,26,31)/t20-,21+/m1/s1. The van der Waals surface area contributed by atoms with Crippen molar-refractivity contribution in [2.75, 3.05) is 10.7 Å². The van der Waals surface area contributed by atoms with Gasteiger partial charge in [0, 0.05) is 16.3 Å². The highest BCUT2D eigenvalue weighted by molar-refractivity contribution is 8.00. The Morgan fingerprint density at radius 2 is 1.72 bits per heavy atom. The number of nitrogens with one attached hydrogen (secondary N) is 2. The summed E-state index contributed by atoms with van der Waals surface area (Å²) < 4.78 is 1.86. The predicted molar refractivity (Wildman–Crippen MR) is 128 cm³/mol. The molecule has 0 saturated carbocycles. The van der Waals surface area contributed by atoms with Crippen LogP contribution in [0.5, 0.6) is 0 Å². The van der Waals surface area contributed by atoms with Crippen LogP contribution in [-0.2, 0) is 4.79 Å². The maximum atomic E-state index is 13.3. The molecular weight excluding hydrogens is 442 g/mol. The van der Waals surface area contributed by atoms with Gasteiger partial charge in [0.25, 0.3) is 0 Å². The summed E-state index contributed by atoms with van der Waals surface area (Å²) in [6.07, 6.45) is 0. The van der Waals surface area contributed by atoms with Gasteiger partial charge in [-0.1, -0.05) is 83.5 Å². The molecule has 0 fully saturated rings. The van der Waals surface area contributed by atoms with Gasteiger partial charge in [0.15, 0.2) is 5.82 Å². The van der Waals surface area contributed by atoms with E-state index >= 15 is 0 Å². The van der Waals surface area contributed by atoms with Crippen molar-refractivity contribution in [1.29, 1.82) is 0 Å². The highest BCUT2D eigenvalue weighted by Gasteiger charge is 2.38. The molecule has 3 aromatic carbocycles. The third kappa shape index (κ3) is 4.09. The lowest BCUT2D eigenvalue weighted by Gasteiger charge is -2.33. The van der Waals surface area contributed by atoms with Gasteiger partial charge in [-0.15, -0.1) is 10.2 Å². The summed E-state index contributed by atoms with van der Waals surface area (Å²) in [4.78, 5) is 13.3. The molecule has 1 aliphatic rings. The fourth-order valence-corrected chi connectivity index (χ4v) is 4.81. The van der Waals surface area contributed by atoms with Crippen LogP contribution in [0.3, 0.4) is 0 Å². The van der Waals surface area contributed by atoms with Crippen molar-refractivity contribution < 1.29 is 4.79 Å². The normalized spacial score (nSPS) is 17.3. The summed E-state index contributed by atoms with van der Waals surface area (Å²) in [6.45, 7) is 2.01. The van der Waals surface area contributed by atoms with E-state index in [0.717, 1.165) is 22.4 Å². The molecule has 2 N–H and O–H groups in total. The van der Waals surface area contributed by atoms with Crippen LogP contribution in [0.15, 0.2) is 84.0 Å². The molecule has 6 nitrogen and oxygen atoms in total. The van der Waals surface area contributed by atoms with Gasteiger partial charge in [0.2, 0.25) is 11.1 Å². The zero-order chi connectivity index (χ0) is 22.1.